The van der Waals surface area contributed by atoms with E-state index in [1.807, 2.05) is 56.3 Å². The minimum atomic E-state index is -0.676. The topological polar surface area (TPSA) is 137 Å². The average molecular weight is 564 g/mol. The van der Waals surface area contributed by atoms with Crippen molar-refractivity contribution in [3.63, 3.8) is 0 Å². The summed E-state index contributed by atoms with van der Waals surface area (Å²) in [4.78, 5) is 55.5. The van der Waals surface area contributed by atoms with Gasteiger partial charge in [-0.3, -0.25) is 19.5 Å². The van der Waals surface area contributed by atoms with Gasteiger partial charge in [0.25, 0.3) is 17.6 Å². The summed E-state index contributed by atoms with van der Waals surface area (Å²) < 4.78 is 5.53. The van der Waals surface area contributed by atoms with Crippen molar-refractivity contribution in [3.8, 4) is 28.7 Å². The number of ketones is 1. The fraction of sp³-hybridized carbons (Fsp3) is 0.226. The van der Waals surface area contributed by atoms with Gasteiger partial charge in [-0.1, -0.05) is 42.0 Å². The Morgan fingerprint density at radius 3 is 2.60 bits per heavy atom. The monoisotopic (exact) mass is 563 g/mol. The number of aryl methyl sites for hydroxylation is 1. The number of hydrogen-bond donors (Lipinski definition) is 2. The number of benzene rings is 2. The minimum absolute atomic E-state index is 0.0964. The third kappa shape index (κ3) is 4.78. The lowest BCUT2D eigenvalue weighted by atomic mass is 10.1. The Balaban J connectivity index is 1.26. The number of pyridine rings is 1. The van der Waals surface area contributed by atoms with Crippen LogP contribution in [0.25, 0.3) is 33.8 Å². The second-order valence-corrected chi connectivity index (χ2v) is 10.3. The van der Waals surface area contributed by atoms with Crippen LogP contribution in [0.4, 0.5) is 0 Å². The number of nitrogens with zero attached hydrogens (tertiary/aromatic N) is 5. The molecular formula is C31H29N7O4. The summed E-state index contributed by atoms with van der Waals surface area (Å²) >= 11 is 0. The Labute approximate surface area is 241 Å². The van der Waals surface area contributed by atoms with Gasteiger partial charge in [-0.2, -0.15) is 5.10 Å². The number of piperazine rings is 1. The van der Waals surface area contributed by atoms with Crippen LogP contribution in [0.5, 0.6) is 5.75 Å². The molecule has 0 spiro atoms. The molecule has 42 heavy (non-hydrogen) atoms. The molecule has 1 atom stereocenters. The summed E-state index contributed by atoms with van der Waals surface area (Å²) in [5, 5.41) is 7.72. The third-order valence-electron chi connectivity index (χ3n) is 7.52. The maximum Gasteiger partial charge on any atom is 0.295 e. The van der Waals surface area contributed by atoms with Gasteiger partial charge in [0.2, 0.25) is 0 Å². The fourth-order valence-corrected chi connectivity index (χ4v) is 5.36. The molecule has 212 valence electrons. The lowest BCUT2D eigenvalue weighted by molar-refractivity contribution is -0.128. The number of nitrogens with one attached hydrogen (secondary N) is 2. The van der Waals surface area contributed by atoms with E-state index in [9.17, 15) is 14.4 Å². The van der Waals surface area contributed by atoms with Crippen LogP contribution < -0.4 is 4.74 Å². The number of aromatic nitrogens is 5. The number of methoxy groups -OCH3 is 1. The van der Waals surface area contributed by atoms with Crippen molar-refractivity contribution in [2.75, 3.05) is 26.7 Å². The van der Waals surface area contributed by atoms with Gasteiger partial charge in [0.15, 0.2) is 11.6 Å². The summed E-state index contributed by atoms with van der Waals surface area (Å²) in [7, 11) is 1.48. The first-order valence-corrected chi connectivity index (χ1v) is 13.6. The Hall–Kier alpha value is -5.32. The Morgan fingerprint density at radius 1 is 1.05 bits per heavy atom. The summed E-state index contributed by atoms with van der Waals surface area (Å²) in [6.45, 7) is 4.69. The highest BCUT2D eigenvalue weighted by Crippen LogP contribution is 2.34. The van der Waals surface area contributed by atoms with Crippen LogP contribution in [0.1, 0.15) is 33.2 Å². The van der Waals surface area contributed by atoms with E-state index in [1.54, 1.807) is 17.0 Å². The van der Waals surface area contributed by atoms with Crippen LogP contribution in [-0.4, -0.2) is 85.3 Å². The summed E-state index contributed by atoms with van der Waals surface area (Å²) in [6.07, 6.45) is 2.99. The van der Waals surface area contributed by atoms with E-state index in [1.165, 1.54) is 24.4 Å². The zero-order valence-corrected chi connectivity index (χ0v) is 23.4. The summed E-state index contributed by atoms with van der Waals surface area (Å²) in [5.74, 6) is -0.158. The van der Waals surface area contributed by atoms with Gasteiger partial charge in [-0.25, -0.2) is 9.97 Å². The van der Waals surface area contributed by atoms with Gasteiger partial charge < -0.3 is 19.5 Å². The van der Waals surface area contributed by atoms with E-state index < -0.39 is 11.7 Å². The molecule has 0 saturated carbocycles. The molecule has 6 rings (SSSR count). The molecule has 5 aromatic rings. The zero-order valence-electron chi connectivity index (χ0n) is 23.4. The predicted octanol–water partition coefficient (Wildman–Crippen LogP) is 3.89. The molecule has 11 heteroatoms. The minimum Gasteiger partial charge on any atom is -0.494 e. The number of hydrogen-bond acceptors (Lipinski definition) is 7. The number of H-pyrrole nitrogens is 2. The maximum absolute atomic E-state index is 13.6. The summed E-state index contributed by atoms with van der Waals surface area (Å²) in [5.41, 5.74) is 3.63. The van der Waals surface area contributed by atoms with Crippen molar-refractivity contribution in [1.29, 1.82) is 0 Å². The van der Waals surface area contributed by atoms with Crippen LogP contribution >= 0.6 is 0 Å². The SMILES string of the molecule is COc1cnc(-c2nc(-c3cccc(C)c3)n[nH]2)c2[nH]cc(C(=O)C(=O)N3CCN(C(=O)c4ccccc4)C(C)C3)c12. The normalized spacial score (nSPS) is 15.2. The lowest BCUT2D eigenvalue weighted by Crippen LogP contribution is -2.56. The molecule has 1 aliphatic rings. The highest BCUT2D eigenvalue weighted by Gasteiger charge is 2.34. The van der Waals surface area contributed by atoms with Gasteiger partial charge in [0.05, 0.1) is 29.8 Å². The molecule has 2 aromatic carbocycles. The van der Waals surface area contributed by atoms with Crippen LogP contribution in [0.15, 0.2) is 67.0 Å². The Kier molecular flexibility index (Phi) is 6.99. The molecular weight excluding hydrogens is 534 g/mol. The highest BCUT2D eigenvalue weighted by atomic mass is 16.5. The highest BCUT2D eigenvalue weighted by molar-refractivity contribution is 6.45. The zero-order chi connectivity index (χ0) is 29.4. The molecule has 1 saturated heterocycles. The number of Topliss-reactive ketones (excluding diaryl/α,β-unsaturated/α-hetero) is 1. The molecule has 11 nitrogen and oxygen atoms in total. The van der Waals surface area contributed by atoms with Crippen molar-refractivity contribution >= 4 is 28.5 Å². The molecule has 2 N–H and O–H groups in total. The van der Waals surface area contributed by atoms with Crippen molar-refractivity contribution in [2.24, 2.45) is 0 Å². The van der Waals surface area contributed by atoms with Crippen LogP contribution in [0.3, 0.4) is 0 Å². The van der Waals surface area contributed by atoms with Crippen molar-refractivity contribution in [1.82, 2.24) is 34.9 Å². The van der Waals surface area contributed by atoms with E-state index >= 15 is 0 Å². The van der Waals surface area contributed by atoms with Crippen LogP contribution in [0, 0.1) is 6.92 Å². The number of carbonyl (C=O) groups excluding carboxylic acids is 3. The smallest absolute Gasteiger partial charge is 0.295 e. The predicted molar refractivity (Wildman–Crippen MR) is 156 cm³/mol. The third-order valence-corrected chi connectivity index (χ3v) is 7.52. The number of aromatic amines is 2. The summed E-state index contributed by atoms with van der Waals surface area (Å²) in [6, 6.07) is 16.6. The first kappa shape index (κ1) is 26.9. The molecule has 3 aromatic heterocycles. The first-order valence-electron chi connectivity index (χ1n) is 13.6. The molecule has 0 bridgehead atoms. The first-order chi connectivity index (χ1) is 20.4. The fourth-order valence-electron chi connectivity index (χ4n) is 5.36. The van der Waals surface area contributed by atoms with E-state index in [0.717, 1.165) is 11.1 Å². The van der Waals surface area contributed by atoms with Crippen LogP contribution in [0.2, 0.25) is 0 Å². The molecule has 1 fully saturated rings. The molecule has 2 amide bonds. The largest absolute Gasteiger partial charge is 0.494 e. The Bertz CT molecular complexity index is 1810. The van der Waals surface area contributed by atoms with E-state index in [-0.39, 0.29) is 30.6 Å². The van der Waals surface area contributed by atoms with Crippen molar-refractivity contribution in [3.05, 3.63) is 83.7 Å². The maximum atomic E-state index is 13.6. The molecule has 0 aliphatic carbocycles. The number of fused-ring (bicyclic) bond motifs is 1. The Morgan fingerprint density at radius 2 is 1.86 bits per heavy atom. The van der Waals surface area contributed by atoms with Gasteiger partial charge >= 0.3 is 0 Å². The molecule has 1 unspecified atom stereocenters. The number of carbonyl (C=O) groups is 3. The van der Waals surface area contributed by atoms with Crippen molar-refractivity contribution in [2.45, 2.75) is 19.9 Å². The average Bonchev–Trinajstić information content (AvgIpc) is 3.69. The van der Waals surface area contributed by atoms with Gasteiger partial charge in [-0.05, 0) is 32.0 Å². The van der Waals surface area contributed by atoms with Gasteiger partial charge in [-0.15, -0.1) is 0 Å². The van der Waals surface area contributed by atoms with Gasteiger partial charge in [0, 0.05) is 43.0 Å². The number of ether oxygens (including phenoxy) is 1. The number of rotatable bonds is 6. The molecule has 0 radical (unpaired) electrons. The second-order valence-electron chi connectivity index (χ2n) is 10.3. The molecule has 1 aliphatic heterocycles. The van der Waals surface area contributed by atoms with E-state index in [0.29, 0.717) is 46.1 Å². The van der Waals surface area contributed by atoms with Crippen molar-refractivity contribution < 1.29 is 19.1 Å². The van der Waals surface area contributed by atoms with Gasteiger partial charge in [0.1, 0.15) is 11.4 Å². The van der Waals surface area contributed by atoms with Crippen LogP contribution in [-0.2, 0) is 4.79 Å². The second kappa shape index (κ2) is 10.9. The molecule has 4 heterocycles. The standard InChI is InChI=1S/C31H29N7O4/c1-18-8-7-11-21(14-18)28-34-29(36-35-28)26-25-24(23(42-3)16-33-26)22(15-32-25)27(39)31(41)37-12-13-38(19(2)17-37)30(40)20-9-5-4-6-10-20/h4-11,14-16,19,32H,12-13,17H2,1-3H3,(H,34,35,36). The van der Waals surface area contributed by atoms with E-state index in [4.69, 9.17) is 4.74 Å². The number of amides is 2. The lowest BCUT2D eigenvalue weighted by Gasteiger charge is -2.39. The quantitative estimate of drug-likeness (QED) is 0.236. The van der Waals surface area contributed by atoms with E-state index in [2.05, 4.69) is 25.1 Å².